The maximum Gasteiger partial charge on any atom is 0.427 e. The van der Waals surface area contributed by atoms with E-state index in [1.165, 1.54) is 0 Å². The van der Waals surface area contributed by atoms with Crippen LogP contribution in [0.4, 0.5) is 13.6 Å². The normalized spacial score (nSPS) is 14.5. The molecule has 1 heterocycles. The van der Waals surface area contributed by atoms with E-state index in [0.29, 0.717) is 23.6 Å². The number of benzene rings is 1. The van der Waals surface area contributed by atoms with Crippen molar-refractivity contribution in [2.24, 2.45) is 0 Å². The van der Waals surface area contributed by atoms with Crippen molar-refractivity contribution in [2.75, 3.05) is 5.43 Å². The summed E-state index contributed by atoms with van der Waals surface area (Å²) in [4.78, 5) is 37.3. The fourth-order valence-electron chi connectivity index (χ4n) is 2.56. The second-order valence-electron chi connectivity index (χ2n) is 7.02. The molecule has 0 spiro atoms. The Hall–Kier alpha value is -2.42. The maximum absolute atomic E-state index is 13.9. The van der Waals surface area contributed by atoms with Crippen LogP contribution in [0.15, 0.2) is 15.7 Å². The van der Waals surface area contributed by atoms with Gasteiger partial charge in [-0.1, -0.05) is 11.6 Å². The number of carbonyl (C=O) groups excluding carboxylic acids is 1. The van der Waals surface area contributed by atoms with Crippen LogP contribution in [-0.4, -0.2) is 20.9 Å². The molecule has 7 nitrogen and oxygen atoms in total. The molecule has 0 unspecified atom stereocenters. The number of fused-ring (bicyclic) bond motifs is 1. The van der Waals surface area contributed by atoms with Crippen molar-refractivity contribution < 1.29 is 18.3 Å². The standard InChI is InChI=1S/C16H16ClF2N3O4/c1-16(2,3)26-14(24)20-22-13(23)8-6-9(18)11(19)10(17)12(8)21(15(22)25)7-4-5-7/h6-7H,4-5H2,1-3H3,(H,20,24). The summed E-state index contributed by atoms with van der Waals surface area (Å²) < 4.78 is 34.2. The molecule has 0 saturated heterocycles. The van der Waals surface area contributed by atoms with Crippen molar-refractivity contribution in [3.63, 3.8) is 0 Å². The molecule has 26 heavy (non-hydrogen) atoms. The Labute approximate surface area is 151 Å². The van der Waals surface area contributed by atoms with E-state index in [4.69, 9.17) is 16.3 Å². The molecule has 0 bridgehead atoms. The van der Waals surface area contributed by atoms with E-state index in [1.54, 1.807) is 20.8 Å². The largest absolute Gasteiger partial charge is 0.443 e. The molecule has 10 heteroatoms. The van der Waals surface area contributed by atoms with Gasteiger partial charge in [0, 0.05) is 6.04 Å². The zero-order valence-corrected chi connectivity index (χ0v) is 15.0. The number of aromatic nitrogens is 2. The summed E-state index contributed by atoms with van der Waals surface area (Å²) in [5.41, 5.74) is -0.945. The summed E-state index contributed by atoms with van der Waals surface area (Å²) in [7, 11) is 0. The first-order valence-corrected chi connectivity index (χ1v) is 8.24. The lowest BCUT2D eigenvalue weighted by molar-refractivity contribution is 0.0610. The molecule has 1 aliphatic carbocycles. The van der Waals surface area contributed by atoms with Gasteiger partial charge in [-0.2, -0.15) is 4.68 Å². The molecule has 1 saturated carbocycles. The lowest BCUT2D eigenvalue weighted by atomic mass is 10.2. The first-order chi connectivity index (χ1) is 12.0. The van der Waals surface area contributed by atoms with Gasteiger partial charge in [0.25, 0.3) is 5.56 Å². The lowest BCUT2D eigenvalue weighted by Gasteiger charge is -2.20. The molecule has 1 aromatic heterocycles. The molecule has 0 atom stereocenters. The number of nitrogens with one attached hydrogen (secondary N) is 1. The van der Waals surface area contributed by atoms with Gasteiger partial charge in [0.05, 0.1) is 10.9 Å². The molecule has 1 N–H and O–H groups in total. The molecule has 0 aliphatic heterocycles. The minimum absolute atomic E-state index is 0.190. The third-order valence-electron chi connectivity index (χ3n) is 3.72. The maximum atomic E-state index is 13.9. The van der Waals surface area contributed by atoms with Gasteiger partial charge in [-0.15, -0.1) is 0 Å². The van der Waals surface area contributed by atoms with E-state index in [2.05, 4.69) is 5.43 Å². The van der Waals surface area contributed by atoms with Crippen LogP contribution in [-0.2, 0) is 4.74 Å². The molecular formula is C16H16ClF2N3O4. The molecule has 1 aromatic carbocycles. The molecule has 0 radical (unpaired) electrons. The molecular weight excluding hydrogens is 372 g/mol. The second kappa shape index (κ2) is 6.08. The monoisotopic (exact) mass is 387 g/mol. The van der Waals surface area contributed by atoms with Gasteiger partial charge in [-0.05, 0) is 39.7 Å². The average molecular weight is 388 g/mol. The smallest absolute Gasteiger partial charge is 0.427 e. The van der Waals surface area contributed by atoms with Crippen LogP contribution in [0.2, 0.25) is 5.02 Å². The van der Waals surface area contributed by atoms with E-state index < -0.39 is 39.6 Å². The number of hydrogen-bond acceptors (Lipinski definition) is 4. The van der Waals surface area contributed by atoms with Gasteiger partial charge < -0.3 is 4.74 Å². The van der Waals surface area contributed by atoms with E-state index in [-0.39, 0.29) is 16.9 Å². The number of halogens is 3. The van der Waals surface area contributed by atoms with Gasteiger partial charge in [-0.3, -0.25) is 9.36 Å². The molecule has 1 amide bonds. The summed E-state index contributed by atoms with van der Waals surface area (Å²) in [6, 6.07) is 0.337. The molecule has 1 fully saturated rings. The van der Waals surface area contributed by atoms with E-state index in [9.17, 15) is 23.2 Å². The van der Waals surface area contributed by atoms with Crippen LogP contribution in [0.5, 0.6) is 0 Å². The van der Waals surface area contributed by atoms with Crippen LogP contribution in [0.1, 0.15) is 39.7 Å². The molecule has 140 valence electrons. The minimum atomic E-state index is -1.34. The van der Waals surface area contributed by atoms with Crippen molar-refractivity contribution in [1.29, 1.82) is 0 Å². The van der Waals surface area contributed by atoms with Crippen LogP contribution < -0.4 is 16.7 Å². The van der Waals surface area contributed by atoms with Gasteiger partial charge in [-0.25, -0.2) is 23.8 Å². The highest BCUT2D eigenvalue weighted by atomic mass is 35.5. The Bertz CT molecular complexity index is 1040. The van der Waals surface area contributed by atoms with Crippen LogP contribution in [0.25, 0.3) is 10.9 Å². The Kier molecular flexibility index (Phi) is 4.30. The van der Waals surface area contributed by atoms with Gasteiger partial charge in [0.1, 0.15) is 10.6 Å². The number of carbonyl (C=O) groups is 1. The van der Waals surface area contributed by atoms with Gasteiger partial charge in [0.15, 0.2) is 11.6 Å². The topological polar surface area (TPSA) is 82.3 Å². The third-order valence-corrected chi connectivity index (χ3v) is 4.07. The quantitative estimate of drug-likeness (QED) is 0.803. The summed E-state index contributed by atoms with van der Waals surface area (Å²) in [5.74, 6) is -2.67. The third kappa shape index (κ3) is 3.18. The Morgan fingerprint density at radius 1 is 1.31 bits per heavy atom. The zero-order valence-electron chi connectivity index (χ0n) is 14.2. The van der Waals surface area contributed by atoms with Gasteiger partial charge in [0.2, 0.25) is 0 Å². The Balaban J connectivity index is 2.26. The highest BCUT2D eigenvalue weighted by Crippen LogP contribution is 2.37. The molecule has 1 aliphatic rings. The zero-order chi connectivity index (χ0) is 19.4. The number of hydrogen-bond donors (Lipinski definition) is 1. The van der Waals surface area contributed by atoms with Gasteiger partial charge >= 0.3 is 11.8 Å². The number of amides is 1. The lowest BCUT2D eigenvalue weighted by Crippen LogP contribution is -2.47. The van der Waals surface area contributed by atoms with E-state index >= 15 is 0 Å². The van der Waals surface area contributed by atoms with Crippen molar-refractivity contribution in [3.05, 3.63) is 43.6 Å². The summed E-state index contributed by atoms with van der Waals surface area (Å²) >= 11 is 5.86. The average Bonchev–Trinajstić information content (AvgIpc) is 3.33. The Morgan fingerprint density at radius 3 is 2.46 bits per heavy atom. The highest BCUT2D eigenvalue weighted by Gasteiger charge is 2.31. The number of nitrogens with zero attached hydrogens (tertiary/aromatic N) is 2. The fraction of sp³-hybridized carbons (Fsp3) is 0.438. The first kappa shape index (κ1) is 18.4. The molecule has 2 aromatic rings. The summed E-state index contributed by atoms with van der Waals surface area (Å²) in [6.07, 6.45) is 0.177. The van der Waals surface area contributed by atoms with Crippen molar-refractivity contribution in [3.8, 4) is 0 Å². The van der Waals surface area contributed by atoms with E-state index in [1.807, 2.05) is 0 Å². The van der Waals surface area contributed by atoms with Crippen molar-refractivity contribution in [2.45, 2.75) is 45.3 Å². The van der Waals surface area contributed by atoms with Crippen LogP contribution in [0, 0.1) is 11.6 Å². The summed E-state index contributed by atoms with van der Waals surface area (Å²) in [6.45, 7) is 4.82. The van der Waals surface area contributed by atoms with Crippen LogP contribution >= 0.6 is 11.6 Å². The predicted octanol–water partition coefficient (Wildman–Crippen LogP) is 2.91. The summed E-state index contributed by atoms with van der Waals surface area (Å²) in [5, 5.41) is -0.970. The number of rotatable bonds is 2. The van der Waals surface area contributed by atoms with Crippen molar-refractivity contribution >= 4 is 28.6 Å². The van der Waals surface area contributed by atoms with Crippen LogP contribution in [0.3, 0.4) is 0 Å². The molecule has 3 rings (SSSR count). The van der Waals surface area contributed by atoms with E-state index in [0.717, 1.165) is 4.57 Å². The predicted molar refractivity (Wildman–Crippen MR) is 91.3 cm³/mol. The Morgan fingerprint density at radius 2 is 1.92 bits per heavy atom. The first-order valence-electron chi connectivity index (χ1n) is 7.86. The number of ether oxygens (including phenoxy) is 1. The minimum Gasteiger partial charge on any atom is -0.443 e. The second-order valence-corrected chi connectivity index (χ2v) is 7.40. The highest BCUT2D eigenvalue weighted by molar-refractivity contribution is 6.35. The van der Waals surface area contributed by atoms with Crippen molar-refractivity contribution in [1.82, 2.24) is 9.24 Å². The SMILES string of the molecule is CC(C)(C)OC(=O)Nn1c(=O)c2cc(F)c(F)c(Cl)c2n(C2CC2)c1=O. The fourth-order valence-corrected chi connectivity index (χ4v) is 2.84.